The van der Waals surface area contributed by atoms with Gasteiger partial charge < -0.3 is 15.3 Å². The Morgan fingerprint density at radius 1 is 1.07 bits per heavy atom. The minimum Gasteiger partial charge on any atom is -0.396 e. The van der Waals surface area contributed by atoms with Gasteiger partial charge >= 0.3 is 0 Å². The molecular weight excluding hydrogens is 194 g/mol. The Hall–Kier alpha value is -0.160. The van der Waals surface area contributed by atoms with E-state index in [1.54, 1.807) is 13.8 Å². The molecule has 0 saturated carbocycles. The van der Waals surface area contributed by atoms with Crippen molar-refractivity contribution in [2.24, 2.45) is 5.41 Å². The number of nitrogens with zero attached hydrogens (tertiary/aromatic N) is 1. The summed E-state index contributed by atoms with van der Waals surface area (Å²) in [5.74, 6) is 0. The van der Waals surface area contributed by atoms with E-state index in [4.69, 9.17) is 5.11 Å². The Kier molecular flexibility index (Phi) is 6.36. The molecule has 4 heteroatoms. The van der Waals surface area contributed by atoms with Crippen LogP contribution in [0.15, 0.2) is 0 Å². The smallest absolute Gasteiger partial charge is 0.0639 e. The molecule has 2 unspecified atom stereocenters. The van der Waals surface area contributed by atoms with Gasteiger partial charge in [-0.3, -0.25) is 4.90 Å². The first kappa shape index (κ1) is 14.8. The third kappa shape index (κ3) is 7.73. The highest BCUT2D eigenvalue weighted by Gasteiger charge is 2.22. The van der Waals surface area contributed by atoms with E-state index < -0.39 is 12.2 Å². The van der Waals surface area contributed by atoms with Crippen LogP contribution in [-0.2, 0) is 0 Å². The van der Waals surface area contributed by atoms with Crippen molar-refractivity contribution in [1.82, 2.24) is 4.90 Å². The molecule has 0 spiro atoms. The van der Waals surface area contributed by atoms with E-state index in [1.165, 1.54) is 0 Å². The van der Waals surface area contributed by atoms with Crippen LogP contribution < -0.4 is 0 Å². The summed E-state index contributed by atoms with van der Waals surface area (Å²) in [4.78, 5) is 1.98. The highest BCUT2D eigenvalue weighted by atomic mass is 16.3. The first-order valence-electron chi connectivity index (χ1n) is 5.46. The molecule has 0 fully saturated rings. The van der Waals surface area contributed by atoms with Gasteiger partial charge in [-0.2, -0.15) is 0 Å². The zero-order valence-electron chi connectivity index (χ0n) is 10.3. The van der Waals surface area contributed by atoms with Crippen LogP contribution in [0.25, 0.3) is 0 Å². The lowest BCUT2D eigenvalue weighted by Crippen LogP contribution is -2.43. The molecule has 0 aromatic carbocycles. The summed E-state index contributed by atoms with van der Waals surface area (Å²) in [5.41, 5.74) is -0.205. The SMILES string of the molecule is CC(O)CN(CC(C)O)CC(C)(C)CO. The fourth-order valence-corrected chi connectivity index (χ4v) is 1.61. The minimum absolute atomic E-state index is 0.100. The van der Waals surface area contributed by atoms with E-state index in [-0.39, 0.29) is 12.0 Å². The highest BCUT2D eigenvalue weighted by Crippen LogP contribution is 2.16. The standard InChI is InChI=1S/C11H25NO3/c1-9(14)5-12(6-10(2)15)7-11(3,4)8-13/h9-10,13-15H,5-8H2,1-4H3. The molecule has 0 aliphatic heterocycles. The van der Waals surface area contributed by atoms with Gasteiger partial charge in [0.1, 0.15) is 0 Å². The molecule has 4 nitrogen and oxygen atoms in total. The van der Waals surface area contributed by atoms with Gasteiger partial charge in [0.2, 0.25) is 0 Å². The average molecular weight is 219 g/mol. The number of aliphatic hydroxyl groups excluding tert-OH is 3. The number of hydrogen-bond donors (Lipinski definition) is 3. The van der Waals surface area contributed by atoms with E-state index >= 15 is 0 Å². The van der Waals surface area contributed by atoms with Crippen LogP contribution in [0.2, 0.25) is 0 Å². The third-order valence-corrected chi connectivity index (χ3v) is 2.12. The predicted molar refractivity (Wildman–Crippen MR) is 60.7 cm³/mol. The summed E-state index contributed by atoms with van der Waals surface area (Å²) in [6, 6.07) is 0. The van der Waals surface area contributed by atoms with Gasteiger partial charge in [0.05, 0.1) is 12.2 Å². The van der Waals surface area contributed by atoms with Crippen LogP contribution in [0.1, 0.15) is 27.7 Å². The summed E-state index contributed by atoms with van der Waals surface area (Å²) in [7, 11) is 0. The Morgan fingerprint density at radius 3 is 1.73 bits per heavy atom. The van der Waals surface area contributed by atoms with Crippen LogP contribution in [0.4, 0.5) is 0 Å². The molecule has 15 heavy (non-hydrogen) atoms. The lowest BCUT2D eigenvalue weighted by molar-refractivity contribution is 0.0424. The Morgan fingerprint density at radius 2 is 1.47 bits per heavy atom. The average Bonchev–Trinajstić information content (AvgIpc) is 2.00. The molecule has 0 saturated heterocycles. The predicted octanol–water partition coefficient (Wildman–Crippen LogP) is 0.0685. The molecule has 0 aliphatic carbocycles. The van der Waals surface area contributed by atoms with Gasteiger partial charge in [0.15, 0.2) is 0 Å². The van der Waals surface area contributed by atoms with Crippen LogP contribution in [0.3, 0.4) is 0 Å². The van der Waals surface area contributed by atoms with E-state index in [0.29, 0.717) is 19.6 Å². The molecule has 2 atom stereocenters. The third-order valence-electron chi connectivity index (χ3n) is 2.12. The second-order valence-electron chi connectivity index (χ2n) is 5.21. The molecule has 0 heterocycles. The summed E-state index contributed by atoms with van der Waals surface area (Å²) >= 11 is 0. The fraction of sp³-hybridized carbons (Fsp3) is 1.00. The first-order valence-corrected chi connectivity index (χ1v) is 5.46. The maximum absolute atomic E-state index is 9.32. The fourth-order valence-electron chi connectivity index (χ4n) is 1.61. The summed E-state index contributed by atoms with van der Waals surface area (Å²) in [6.45, 7) is 9.18. The summed E-state index contributed by atoms with van der Waals surface area (Å²) in [5, 5.41) is 27.8. The molecule has 0 radical (unpaired) electrons. The molecule has 0 aromatic heterocycles. The second kappa shape index (κ2) is 6.43. The second-order valence-corrected chi connectivity index (χ2v) is 5.21. The van der Waals surface area contributed by atoms with Crippen LogP contribution >= 0.6 is 0 Å². The molecule has 92 valence electrons. The largest absolute Gasteiger partial charge is 0.396 e. The Bertz CT molecular complexity index is 159. The molecule has 0 amide bonds. The molecule has 3 N–H and O–H groups in total. The molecule has 0 bridgehead atoms. The van der Waals surface area contributed by atoms with Gasteiger partial charge in [-0.15, -0.1) is 0 Å². The van der Waals surface area contributed by atoms with Gasteiger partial charge in [0, 0.05) is 31.7 Å². The van der Waals surface area contributed by atoms with E-state index in [9.17, 15) is 10.2 Å². The minimum atomic E-state index is -0.418. The van der Waals surface area contributed by atoms with Gasteiger partial charge in [-0.1, -0.05) is 13.8 Å². The lowest BCUT2D eigenvalue weighted by atomic mass is 9.94. The first-order chi connectivity index (χ1) is 6.76. The summed E-state index contributed by atoms with van der Waals surface area (Å²) < 4.78 is 0. The van der Waals surface area contributed by atoms with Crippen molar-refractivity contribution in [2.45, 2.75) is 39.9 Å². The van der Waals surface area contributed by atoms with E-state index in [0.717, 1.165) is 0 Å². The van der Waals surface area contributed by atoms with Crippen molar-refractivity contribution < 1.29 is 15.3 Å². The van der Waals surface area contributed by atoms with E-state index in [2.05, 4.69) is 0 Å². The summed E-state index contributed by atoms with van der Waals surface area (Å²) in [6.07, 6.45) is -0.837. The van der Waals surface area contributed by atoms with Crippen molar-refractivity contribution in [1.29, 1.82) is 0 Å². The zero-order valence-corrected chi connectivity index (χ0v) is 10.3. The molecule has 0 aromatic rings. The normalized spacial score (nSPS) is 16.8. The Balaban J connectivity index is 4.23. The Labute approximate surface area is 92.5 Å². The number of hydrogen-bond acceptors (Lipinski definition) is 4. The quantitative estimate of drug-likeness (QED) is 0.567. The number of aliphatic hydroxyl groups is 3. The van der Waals surface area contributed by atoms with Crippen molar-refractivity contribution >= 4 is 0 Å². The van der Waals surface area contributed by atoms with Gasteiger partial charge in [0.25, 0.3) is 0 Å². The van der Waals surface area contributed by atoms with Crippen LogP contribution in [0.5, 0.6) is 0 Å². The maximum Gasteiger partial charge on any atom is 0.0639 e. The molecular formula is C11H25NO3. The van der Waals surface area contributed by atoms with Crippen LogP contribution in [0, 0.1) is 5.41 Å². The van der Waals surface area contributed by atoms with Crippen molar-refractivity contribution in [2.75, 3.05) is 26.2 Å². The van der Waals surface area contributed by atoms with Crippen molar-refractivity contribution in [3.63, 3.8) is 0 Å². The monoisotopic (exact) mass is 219 g/mol. The van der Waals surface area contributed by atoms with Gasteiger partial charge in [-0.05, 0) is 13.8 Å². The number of rotatable bonds is 7. The van der Waals surface area contributed by atoms with Gasteiger partial charge in [-0.25, -0.2) is 0 Å². The maximum atomic E-state index is 9.32. The zero-order chi connectivity index (χ0) is 12.1. The van der Waals surface area contributed by atoms with Crippen LogP contribution in [-0.4, -0.2) is 58.7 Å². The van der Waals surface area contributed by atoms with E-state index in [1.807, 2.05) is 18.7 Å². The van der Waals surface area contributed by atoms with Crippen molar-refractivity contribution in [3.8, 4) is 0 Å². The molecule has 0 aliphatic rings. The highest BCUT2D eigenvalue weighted by molar-refractivity contribution is 4.75. The molecule has 0 rings (SSSR count). The lowest BCUT2D eigenvalue weighted by Gasteiger charge is -2.32. The topological polar surface area (TPSA) is 63.9 Å². The van der Waals surface area contributed by atoms with Crippen molar-refractivity contribution in [3.05, 3.63) is 0 Å².